The Kier molecular flexibility index (Phi) is 5.87. The lowest BCUT2D eigenvalue weighted by molar-refractivity contribution is 0.414. The van der Waals surface area contributed by atoms with E-state index in [1.807, 2.05) is 72.8 Å². The van der Waals surface area contributed by atoms with Gasteiger partial charge in [0, 0.05) is 29.2 Å². The largest absolute Gasteiger partial charge is 0.497 e. The summed E-state index contributed by atoms with van der Waals surface area (Å²) in [5.74, 6) is 1.29. The van der Waals surface area contributed by atoms with E-state index in [-0.39, 0.29) is 5.56 Å². The maximum Gasteiger partial charge on any atom is 0.266 e. The lowest BCUT2D eigenvalue weighted by atomic mass is 10.1. The van der Waals surface area contributed by atoms with Gasteiger partial charge in [0.2, 0.25) is 0 Å². The standard InChI is InChI=1S/C32H25N3O2/c1-37-26-18-16-25(17-19-26)35-31(33-29-13-7-5-12-28(29)32(35)36)20-15-24-22-34(21-23-9-3-2-4-10-23)30-14-8-6-11-27(24)30/h2-20,22H,21H2,1H3. The number of aromatic nitrogens is 3. The van der Waals surface area contributed by atoms with Gasteiger partial charge < -0.3 is 9.30 Å². The van der Waals surface area contributed by atoms with Gasteiger partial charge in [-0.2, -0.15) is 0 Å². The van der Waals surface area contributed by atoms with Crippen molar-refractivity contribution in [3.8, 4) is 11.4 Å². The first-order valence-electron chi connectivity index (χ1n) is 12.2. The highest BCUT2D eigenvalue weighted by atomic mass is 16.5. The maximum atomic E-state index is 13.6. The van der Waals surface area contributed by atoms with E-state index in [1.54, 1.807) is 11.7 Å². The molecule has 0 radical (unpaired) electrons. The van der Waals surface area contributed by atoms with Gasteiger partial charge in [0.1, 0.15) is 11.6 Å². The van der Waals surface area contributed by atoms with Gasteiger partial charge in [0.15, 0.2) is 0 Å². The van der Waals surface area contributed by atoms with Crippen molar-refractivity contribution in [2.75, 3.05) is 7.11 Å². The van der Waals surface area contributed by atoms with E-state index < -0.39 is 0 Å². The maximum absolute atomic E-state index is 13.6. The molecule has 0 aliphatic heterocycles. The number of hydrogen-bond acceptors (Lipinski definition) is 3. The van der Waals surface area contributed by atoms with E-state index in [2.05, 4.69) is 53.2 Å². The van der Waals surface area contributed by atoms with Crippen LogP contribution in [0.5, 0.6) is 5.75 Å². The number of benzene rings is 4. The van der Waals surface area contributed by atoms with Gasteiger partial charge in [0.05, 0.1) is 23.7 Å². The molecule has 6 aromatic rings. The van der Waals surface area contributed by atoms with Crippen LogP contribution in [0.3, 0.4) is 0 Å². The van der Waals surface area contributed by atoms with E-state index in [0.29, 0.717) is 16.7 Å². The Morgan fingerprint density at radius 1 is 0.784 bits per heavy atom. The van der Waals surface area contributed by atoms with E-state index in [1.165, 1.54) is 5.56 Å². The summed E-state index contributed by atoms with van der Waals surface area (Å²) in [7, 11) is 1.63. The molecular weight excluding hydrogens is 458 g/mol. The van der Waals surface area contributed by atoms with Crippen LogP contribution in [0.15, 0.2) is 114 Å². The van der Waals surface area contributed by atoms with Crippen molar-refractivity contribution < 1.29 is 4.74 Å². The second kappa shape index (κ2) is 9.63. The molecule has 0 N–H and O–H groups in total. The van der Waals surface area contributed by atoms with Crippen LogP contribution < -0.4 is 10.3 Å². The van der Waals surface area contributed by atoms with Crippen LogP contribution in [0, 0.1) is 0 Å². The smallest absolute Gasteiger partial charge is 0.266 e. The Morgan fingerprint density at radius 3 is 2.27 bits per heavy atom. The highest BCUT2D eigenvalue weighted by molar-refractivity contribution is 5.92. The minimum atomic E-state index is -0.109. The Labute approximate surface area is 214 Å². The second-order valence-electron chi connectivity index (χ2n) is 8.87. The third-order valence-corrected chi connectivity index (χ3v) is 6.56. The summed E-state index contributed by atoms with van der Waals surface area (Å²) in [5.41, 5.74) is 4.75. The van der Waals surface area contributed by atoms with Crippen LogP contribution >= 0.6 is 0 Å². The summed E-state index contributed by atoms with van der Waals surface area (Å²) in [6.45, 7) is 0.778. The van der Waals surface area contributed by atoms with E-state index in [4.69, 9.17) is 9.72 Å². The van der Waals surface area contributed by atoms with Crippen molar-refractivity contribution in [1.82, 2.24) is 14.1 Å². The molecule has 0 unspecified atom stereocenters. The first-order valence-corrected chi connectivity index (χ1v) is 12.2. The number of nitrogens with zero attached hydrogens (tertiary/aromatic N) is 3. The highest BCUT2D eigenvalue weighted by Gasteiger charge is 2.12. The van der Waals surface area contributed by atoms with Gasteiger partial charge in [-0.25, -0.2) is 4.98 Å². The third kappa shape index (κ3) is 4.32. The van der Waals surface area contributed by atoms with Gasteiger partial charge in [-0.15, -0.1) is 0 Å². The molecule has 4 aromatic carbocycles. The van der Waals surface area contributed by atoms with E-state index in [9.17, 15) is 4.79 Å². The zero-order valence-electron chi connectivity index (χ0n) is 20.4. The summed E-state index contributed by atoms with van der Waals surface area (Å²) in [6, 6.07) is 33.7. The minimum absolute atomic E-state index is 0.109. The molecule has 2 heterocycles. The number of methoxy groups -OCH3 is 1. The summed E-state index contributed by atoms with van der Waals surface area (Å²) in [4.78, 5) is 18.5. The molecule has 6 rings (SSSR count). The molecule has 5 nitrogen and oxygen atoms in total. The van der Waals surface area contributed by atoms with Gasteiger partial charge in [-0.1, -0.05) is 60.7 Å². The summed E-state index contributed by atoms with van der Waals surface area (Å²) in [6.07, 6.45) is 6.12. The molecular formula is C32H25N3O2. The number of para-hydroxylation sites is 2. The minimum Gasteiger partial charge on any atom is -0.497 e. The van der Waals surface area contributed by atoms with Crippen LogP contribution in [-0.4, -0.2) is 21.2 Å². The van der Waals surface area contributed by atoms with Crippen molar-refractivity contribution in [2.24, 2.45) is 0 Å². The highest BCUT2D eigenvalue weighted by Crippen LogP contribution is 2.25. The Balaban J connectivity index is 1.48. The average Bonchev–Trinajstić information content (AvgIpc) is 3.30. The summed E-state index contributed by atoms with van der Waals surface area (Å²) < 4.78 is 9.22. The lowest BCUT2D eigenvalue weighted by Crippen LogP contribution is -2.22. The molecule has 5 heteroatoms. The van der Waals surface area contributed by atoms with Crippen molar-refractivity contribution in [3.05, 3.63) is 137 Å². The van der Waals surface area contributed by atoms with Crippen molar-refractivity contribution in [2.45, 2.75) is 6.54 Å². The van der Waals surface area contributed by atoms with Gasteiger partial charge in [0.25, 0.3) is 5.56 Å². The zero-order valence-corrected chi connectivity index (χ0v) is 20.4. The summed E-state index contributed by atoms with van der Waals surface area (Å²) in [5, 5.41) is 1.73. The molecule has 0 spiro atoms. The van der Waals surface area contributed by atoms with Crippen LogP contribution in [-0.2, 0) is 6.54 Å². The SMILES string of the molecule is COc1ccc(-n2c(C=Cc3cn(Cc4ccccc4)c4ccccc34)nc3ccccc3c2=O)cc1. The number of fused-ring (bicyclic) bond motifs is 2. The van der Waals surface area contributed by atoms with E-state index >= 15 is 0 Å². The average molecular weight is 484 g/mol. The van der Waals surface area contributed by atoms with Crippen LogP contribution in [0.1, 0.15) is 17.0 Å². The first kappa shape index (κ1) is 22.6. The van der Waals surface area contributed by atoms with Crippen molar-refractivity contribution >= 4 is 34.0 Å². The number of hydrogen-bond donors (Lipinski definition) is 0. The zero-order chi connectivity index (χ0) is 25.2. The third-order valence-electron chi connectivity index (χ3n) is 6.56. The molecule has 37 heavy (non-hydrogen) atoms. The quantitative estimate of drug-likeness (QED) is 0.269. The predicted molar refractivity (Wildman–Crippen MR) is 150 cm³/mol. The molecule has 0 saturated carbocycles. The van der Waals surface area contributed by atoms with Gasteiger partial charge in [-0.05, 0) is 60.2 Å². The first-order chi connectivity index (χ1) is 18.2. The molecule has 180 valence electrons. The van der Waals surface area contributed by atoms with Crippen LogP contribution in [0.25, 0.3) is 39.6 Å². The van der Waals surface area contributed by atoms with Crippen LogP contribution in [0.4, 0.5) is 0 Å². The molecule has 0 bridgehead atoms. The van der Waals surface area contributed by atoms with Gasteiger partial charge >= 0.3 is 0 Å². The molecule has 0 saturated heterocycles. The van der Waals surface area contributed by atoms with Gasteiger partial charge in [-0.3, -0.25) is 9.36 Å². The molecule has 0 fully saturated rings. The molecule has 0 aliphatic carbocycles. The fraction of sp³-hybridized carbons (Fsp3) is 0.0625. The second-order valence-corrected chi connectivity index (χ2v) is 8.87. The predicted octanol–water partition coefficient (Wildman–Crippen LogP) is 6.57. The topological polar surface area (TPSA) is 49.0 Å². The monoisotopic (exact) mass is 483 g/mol. The van der Waals surface area contributed by atoms with E-state index in [0.717, 1.165) is 34.4 Å². The Morgan fingerprint density at radius 2 is 1.49 bits per heavy atom. The molecule has 0 amide bonds. The number of ether oxygens (including phenoxy) is 1. The van der Waals surface area contributed by atoms with Crippen molar-refractivity contribution in [3.63, 3.8) is 0 Å². The molecule has 0 aliphatic rings. The normalized spacial score (nSPS) is 11.5. The number of rotatable bonds is 6. The molecule has 0 atom stereocenters. The Bertz CT molecular complexity index is 1800. The fourth-order valence-electron chi connectivity index (χ4n) is 4.73. The Hall–Kier alpha value is -4.90. The fourth-order valence-corrected chi connectivity index (χ4v) is 4.73. The van der Waals surface area contributed by atoms with Crippen molar-refractivity contribution in [1.29, 1.82) is 0 Å². The summed E-state index contributed by atoms with van der Waals surface area (Å²) >= 11 is 0. The van der Waals surface area contributed by atoms with Crippen LogP contribution in [0.2, 0.25) is 0 Å². The molecule has 2 aromatic heterocycles. The lowest BCUT2D eigenvalue weighted by Gasteiger charge is -2.12.